The summed E-state index contributed by atoms with van der Waals surface area (Å²) in [5, 5.41) is 0. The van der Waals surface area contributed by atoms with Crippen molar-refractivity contribution in [2.75, 3.05) is 24.7 Å². The Hall–Kier alpha value is -1.55. The van der Waals surface area contributed by atoms with E-state index in [1.165, 1.54) is 19.3 Å². The van der Waals surface area contributed by atoms with Crippen molar-refractivity contribution in [1.29, 1.82) is 0 Å². The Morgan fingerprint density at radius 1 is 1.25 bits per heavy atom. The minimum absolute atomic E-state index is 0.428. The maximum Gasteiger partial charge on any atom is 0.204 e. The lowest BCUT2D eigenvalue weighted by molar-refractivity contribution is 0.0128. The summed E-state index contributed by atoms with van der Waals surface area (Å²) in [5.41, 5.74) is 2.61. The number of H-pyrrole nitrogens is 1. The molecule has 3 heterocycles. The van der Waals surface area contributed by atoms with E-state index < -0.39 is 0 Å². The number of nitrogens with one attached hydrogen (secondary N) is 1. The molecular weight excluding hydrogens is 250 g/mol. The molecule has 1 atom stereocenters. The van der Waals surface area contributed by atoms with E-state index in [0.717, 1.165) is 36.7 Å². The van der Waals surface area contributed by atoms with Gasteiger partial charge in [-0.05, 0) is 43.7 Å². The third kappa shape index (κ3) is 1.74. The van der Waals surface area contributed by atoms with Gasteiger partial charge in [-0.2, -0.15) is 0 Å². The highest BCUT2D eigenvalue weighted by molar-refractivity contribution is 5.77. The molecule has 0 saturated carbocycles. The molecule has 1 spiro atoms. The predicted octanol–water partition coefficient (Wildman–Crippen LogP) is 2.96. The standard InChI is InChI=1S/C16H21N3O/c1-12-16(7-10-20-11-8-16)6-9-19(12)15-17-13-4-2-3-5-14(13)18-15/h2-5,12H,6-11H2,1H3,(H,17,18)/t12-/m1/s1. The Kier molecular flexibility index (Phi) is 2.74. The molecule has 2 fully saturated rings. The van der Waals surface area contributed by atoms with Gasteiger partial charge in [-0.3, -0.25) is 0 Å². The molecule has 0 radical (unpaired) electrons. The van der Waals surface area contributed by atoms with Crippen LogP contribution in [-0.4, -0.2) is 35.8 Å². The molecule has 4 nitrogen and oxygen atoms in total. The monoisotopic (exact) mass is 271 g/mol. The average Bonchev–Trinajstić information content (AvgIpc) is 3.03. The lowest BCUT2D eigenvalue weighted by Crippen LogP contribution is -2.41. The first-order valence-electron chi connectivity index (χ1n) is 7.58. The van der Waals surface area contributed by atoms with E-state index in [4.69, 9.17) is 9.72 Å². The number of rotatable bonds is 1. The van der Waals surface area contributed by atoms with Crippen LogP contribution in [0.2, 0.25) is 0 Å². The fraction of sp³-hybridized carbons (Fsp3) is 0.562. The number of hydrogen-bond donors (Lipinski definition) is 1. The average molecular weight is 271 g/mol. The fourth-order valence-corrected chi connectivity index (χ4v) is 3.89. The van der Waals surface area contributed by atoms with E-state index >= 15 is 0 Å². The van der Waals surface area contributed by atoms with E-state index in [-0.39, 0.29) is 0 Å². The Labute approximate surface area is 119 Å². The molecule has 1 N–H and O–H groups in total. The lowest BCUT2D eigenvalue weighted by Gasteiger charge is -2.38. The van der Waals surface area contributed by atoms with Crippen molar-refractivity contribution >= 4 is 17.0 Å². The van der Waals surface area contributed by atoms with Crippen LogP contribution in [0.4, 0.5) is 5.95 Å². The molecule has 0 amide bonds. The normalized spacial score (nSPS) is 25.6. The van der Waals surface area contributed by atoms with E-state index in [9.17, 15) is 0 Å². The van der Waals surface area contributed by atoms with Crippen molar-refractivity contribution in [2.45, 2.75) is 32.2 Å². The van der Waals surface area contributed by atoms with Gasteiger partial charge in [0.1, 0.15) is 0 Å². The van der Waals surface area contributed by atoms with Gasteiger partial charge in [0.2, 0.25) is 5.95 Å². The Balaban J connectivity index is 1.65. The fourth-order valence-electron chi connectivity index (χ4n) is 3.89. The quantitative estimate of drug-likeness (QED) is 0.867. The molecule has 106 valence electrons. The second-order valence-corrected chi connectivity index (χ2v) is 6.17. The zero-order valence-corrected chi connectivity index (χ0v) is 11.9. The van der Waals surface area contributed by atoms with Crippen LogP contribution in [-0.2, 0) is 4.74 Å². The zero-order chi connectivity index (χ0) is 13.6. The topological polar surface area (TPSA) is 41.2 Å². The summed E-state index contributed by atoms with van der Waals surface area (Å²) in [6.07, 6.45) is 3.63. The second kappa shape index (κ2) is 4.48. The summed E-state index contributed by atoms with van der Waals surface area (Å²) in [6, 6.07) is 8.79. The second-order valence-electron chi connectivity index (χ2n) is 6.17. The highest BCUT2D eigenvalue weighted by Gasteiger charge is 2.46. The molecule has 1 aromatic heterocycles. The van der Waals surface area contributed by atoms with Gasteiger partial charge < -0.3 is 14.6 Å². The van der Waals surface area contributed by atoms with Gasteiger partial charge in [0.25, 0.3) is 0 Å². The molecule has 20 heavy (non-hydrogen) atoms. The maximum atomic E-state index is 5.55. The van der Waals surface area contributed by atoms with Crippen LogP contribution in [0.1, 0.15) is 26.2 Å². The summed E-state index contributed by atoms with van der Waals surface area (Å²) in [4.78, 5) is 10.7. The zero-order valence-electron chi connectivity index (χ0n) is 11.9. The highest BCUT2D eigenvalue weighted by Crippen LogP contribution is 2.45. The number of hydrogen-bond acceptors (Lipinski definition) is 3. The van der Waals surface area contributed by atoms with E-state index in [2.05, 4.69) is 35.0 Å². The van der Waals surface area contributed by atoms with Crippen LogP contribution in [0.25, 0.3) is 11.0 Å². The number of aromatic amines is 1. The third-order valence-electron chi connectivity index (χ3n) is 5.34. The van der Waals surface area contributed by atoms with Gasteiger partial charge in [-0.15, -0.1) is 0 Å². The number of para-hydroxylation sites is 2. The predicted molar refractivity (Wildman–Crippen MR) is 80.0 cm³/mol. The maximum absolute atomic E-state index is 5.55. The molecule has 2 aromatic rings. The number of imidazole rings is 1. The Bertz CT molecular complexity index is 582. The molecule has 0 aliphatic carbocycles. The molecule has 4 heteroatoms. The van der Waals surface area contributed by atoms with Gasteiger partial charge in [-0.25, -0.2) is 4.98 Å². The van der Waals surface area contributed by atoms with Gasteiger partial charge in [0.15, 0.2) is 0 Å². The minimum Gasteiger partial charge on any atom is -0.381 e. The van der Waals surface area contributed by atoms with Crippen LogP contribution in [0.15, 0.2) is 24.3 Å². The molecule has 2 saturated heterocycles. The Morgan fingerprint density at radius 2 is 2.05 bits per heavy atom. The summed E-state index contributed by atoms with van der Waals surface area (Å²) in [7, 11) is 0. The number of benzene rings is 1. The lowest BCUT2D eigenvalue weighted by atomic mass is 9.74. The van der Waals surface area contributed by atoms with E-state index in [1.807, 2.05) is 6.07 Å². The first-order valence-corrected chi connectivity index (χ1v) is 7.58. The molecule has 0 unspecified atom stereocenters. The van der Waals surface area contributed by atoms with Crippen molar-refractivity contribution in [2.24, 2.45) is 5.41 Å². The number of anilines is 1. The van der Waals surface area contributed by atoms with Gasteiger partial charge >= 0.3 is 0 Å². The first-order chi connectivity index (χ1) is 9.78. The van der Waals surface area contributed by atoms with Crippen molar-refractivity contribution in [1.82, 2.24) is 9.97 Å². The third-order valence-corrected chi connectivity index (χ3v) is 5.34. The summed E-state index contributed by atoms with van der Waals surface area (Å²) in [6.45, 7) is 5.28. The van der Waals surface area contributed by atoms with Crippen LogP contribution in [0.3, 0.4) is 0 Å². The first kappa shape index (κ1) is 12.2. The summed E-state index contributed by atoms with van der Waals surface area (Å²) >= 11 is 0. The van der Waals surface area contributed by atoms with Crippen molar-refractivity contribution in [3.63, 3.8) is 0 Å². The van der Waals surface area contributed by atoms with Crippen LogP contribution in [0.5, 0.6) is 0 Å². The van der Waals surface area contributed by atoms with Gasteiger partial charge in [0, 0.05) is 25.8 Å². The van der Waals surface area contributed by atoms with Crippen LogP contribution >= 0.6 is 0 Å². The molecule has 0 bridgehead atoms. The van der Waals surface area contributed by atoms with Crippen LogP contribution < -0.4 is 4.90 Å². The van der Waals surface area contributed by atoms with Crippen LogP contribution in [0, 0.1) is 5.41 Å². The van der Waals surface area contributed by atoms with Crippen molar-refractivity contribution in [3.05, 3.63) is 24.3 Å². The Morgan fingerprint density at radius 3 is 2.85 bits per heavy atom. The van der Waals surface area contributed by atoms with Gasteiger partial charge in [-0.1, -0.05) is 12.1 Å². The number of ether oxygens (including phenoxy) is 1. The summed E-state index contributed by atoms with van der Waals surface area (Å²) in [5.74, 6) is 1.03. The molecule has 2 aliphatic rings. The molecular formula is C16H21N3O. The smallest absolute Gasteiger partial charge is 0.204 e. The SMILES string of the molecule is C[C@H]1N(c2nc3ccccc3[nH]2)CCC12CCOCC2. The molecule has 1 aromatic carbocycles. The van der Waals surface area contributed by atoms with Crippen molar-refractivity contribution in [3.8, 4) is 0 Å². The largest absolute Gasteiger partial charge is 0.381 e. The van der Waals surface area contributed by atoms with E-state index in [0.29, 0.717) is 11.5 Å². The minimum atomic E-state index is 0.428. The molecule has 2 aliphatic heterocycles. The van der Waals surface area contributed by atoms with E-state index in [1.54, 1.807) is 0 Å². The van der Waals surface area contributed by atoms with Gasteiger partial charge in [0.05, 0.1) is 11.0 Å². The number of aromatic nitrogens is 2. The highest BCUT2D eigenvalue weighted by atomic mass is 16.5. The molecule has 4 rings (SSSR count). The number of nitrogens with zero attached hydrogens (tertiary/aromatic N) is 2. The van der Waals surface area contributed by atoms with Crippen molar-refractivity contribution < 1.29 is 4.74 Å². The number of fused-ring (bicyclic) bond motifs is 1. The summed E-state index contributed by atoms with van der Waals surface area (Å²) < 4.78 is 5.55.